The van der Waals surface area contributed by atoms with Crippen molar-refractivity contribution >= 4 is 0 Å². The van der Waals surface area contributed by atoms with Crippen LogP contribution in [0.4, 0.5) is 0 Å². The minimum absolute atomic E-state index is 0.328. The summed E-state index contributed by atoms with van der Waals surface area (Å²) in [6.45, 7) is 11.0. The molecule has 3 nitrogen and oxygen atoms in total. The van der Waals surface area contributed by atoms with Crippen LogP contribution in [0, 0.1) is 25.7 Å². The van der Waals surface area contributed by atoms with Crippen LogP contribution >= 0.6 is 0 Å². The summed E-state index contributed by atoms with van der Waals surface area (Å²) in [4.78, 5) is 0. The molecule has 2 rings (SSSR count). The third-order valence-corrected chi connectivity index (χ3v) is 4.69. The summed E-state index contributed by atoms with van der Waals surface area (Å²) in [7, 11) is 0. The molecule has 102 valence electrons. The molecule has 1 N–H and O–H groups in total. The van der Waals surface area contributed by atoms with Gasteiger partial charge >= 0.3 is 0 Å². The van der Waals surface area contributed by atoms with Gasteiger partial charge in [0, 0.05) is 17.6 Å². The van der Waals surface area contributed by atoms with Crippen molar-refractivity contribution in [1.82, 2.24) is 10.5 Å². The van der Waals surface area contributed by atoms with Crippen molar-refractivity contribution in [2.24, 2.45) is 11.8 Å². The second kappa shape index (κ2) is 5.43. The van der Waals surface area contributed by atoms with Gasteiger partial charge in [-0.25, -0.2) is 0 Å². The van der Waals surface area contributed by atoms with Gasteiger partial charge in [0.05, 0.1) is 5.69 Å². The Bertz CT molecular complexity index is 380. The molecule has 0 aliphatic heterocycles. The summed E-state index contributed by atoms with van der Waals surface area (Å²) in [6, 6.07) is 0.950. The monoisotopic (exact) mass is 250 g/mol. The summed E-state index contributed by atoms with van der Waals surface area (Å²) in [5.74, 6) is 2.53. The highest BCUT2D eigenvalue weighted by Crippen LogP contribution is 2.31. The maximum Gasteiger partial charge on any atom is 0.138 e. The molecule has 1 aromatic heterocycles. The van der Waals surface area contributed by atoms with E-state index in [1.54, 1.807) is 0 Å². The molecule has 4 unspecified atom stereocenters. The van der Waals surface area contributed by atoms with E-state index in [2.05, 4.69) is 31.2 Å². The summed E-state index contributed by atoms with van der Waals surface area (Å²) < 4.78 is 5.26. The minimum Gasteiger partial charge on any atom is -0.361 e. The predicted octanol–water partition coefficient (Wildman–Crippen LogP) is 3.77. The Morgan fingerprint density at radius 1 is 1.28 bits per heavy atom. The lowest BCUT2D eigenvalue weighted by Gasteiger charge is -2.36. The smallest absolute Gasteiger partial charge is 0.138 e. The van der Waals surface area contributed by atoms with Crippen LogP contribution < -0.4 is 5.32 Å². The first-order valence-electron chi connectivity index (χ1n) is 7.19. The molecular formula is C15H26N2O. The Morgan fingerprint density at radius 3 is 2.61 bits per heavy atom. The fourth-order valence-electron chi connectivity index (χ4n) is 3.33. The van der Waals surface area contributed by atoms with E-state index >= 15 is 0 Å². The molecule has 0 spiro atoms. The summed E-state index contributed by atoms with van der Waals surface area (Å²) >= 11 is 0. The van der Waals surface area contributed by atoms with E-state index in [9.17, 15) is 0 Å². The lowest BCUT2D eigenvalue weighted by Crippen LogP contribution is -2.41. The molecule has 1 aliphatic rings. The quantitative estimate of drug-likeness (QED) is 0.887. The van der Waals surface area contributed by atoms with Gasteiger partial charge in [-0.2, -0.15) is 0 Å². The van der Waals surface area contributed by atoms with Crippen LogP contribution in [-0.4, -0.2) is 11.2 Å². The first-order valence-corrected chi connectivity index (χ1v) is 7.19. The van der Waals surface area contributed by atoms with Crippen molar-refractivity contribution in [3.05, 3.63) is 17.0 Å². The van der Waals surface area contributed by atoms with Crippen LogP contribution in [0.3, 0.4) is 0 Å². The fourth-order valence-corrected chi connectivity index (χ4v) is 3.33. The molecule has 0 radical (unpaired) electrons. The lowest BCUT2D eigenvalue weighted by molar-refractivity contribution is 0.196. The molecule has 0 bridgehead atoms. The van der Waals surface area contributed by atoms with E-state index in [1.807, 2.05) is 13.8 Å². The molecule has 0 saturated heterocycles. The van der Waals surface area contributed by atoms with Gasteiger partial charge in [-0.05, 0) is 39.0 Å². The Balaban J connectivity index is 2.05. The number of nitrogens with zero attached hydrogens (tertiary/aromatic N) is 1. The first kappa shape index (κ1) is 13.6. The maximum atomic E-state index is 5.26. The van der Waals surface area contributed by atoms with E-state index in [-0.39, 0.29) is 0 Å². The summed E-state index contributed by atoms with van der Waals surface area (Å²) in [5.41, 5.74) is 2.25. The van der Waals surface area contributed by atoms with Crippen molar-refractivity contribution in [3.63, 3.8) is 0 Å². The highest BCUT2D eigenvalue weighted by atomic mass is 16.5. The van der Waals surface area contributed by atoms with Crippen molar-refractivity contribution in [3.8, 4) is 0 Å². The van der Waals surface area contributed by atoms with Crippen molar-refractivity contribution in [2.45, 2.75) is 66.0 Å². The van der Waals surface area contributed by atoms with Crippen LogP contribution in [0.25, 0.3) is 0 Å². The molecule has 1 heterocycles. The minimum atomic E-state index is 0.328. The number of rotatable bonds is 3. The van der Waals surface area contributed by atoms with Gasteiger partial charge in [0.1, 0.15) is 5.76 Å². The first-order chi connectivity index (χ1) is 8.50. The molecule has 18 heavy (non-hydrogen) atoms. The Hall–Kier alpha value is -0.830. The van der Waals surface area contributed by atoms with Crippen LogP contribution in [0.15, 0.2) is 4.52 Å². The summed E-state index contributed by atoms with van der Waals surface area (Å²) in [5, 5.41) is 7.83. The molecule has 3 heteroatoms. The van der Waals surface area contributed by atoms with Gasteiger partial charge < -0.3 is 9.84 Å². The van der Waals surface area contributed by atoms with Crippen LogP contribution in [0.2, 0.25) is 0 Å². The number of hydrogen-bond donors (Lipinski definition) is 1. The molecule has 0 aromatic carbocycles. The van der Waals surface area contributed by atoms with Gasteiger partial charge in [0.15, 0.2) is 0 Å². The molecule has 1 aromatic rings. The molecule has 1 fully saturated rings. The molecule has 1 saturated carbocycles. The average molecular weight is 250 g/mol. The SMILES string of the molecule is Cc1noc(C)c1C(C)NC1CCCC(C)C1C. The van der Waals surface area contributed by atoms with Gasteiger partial charge in [-0.1, -0.05) is 31.8 Å². The Kier molecular flexibility index (Phi) is 4.10. The van der Waals surface area contributed by atoms with Crippen molar-refractivity contribution < 1.29 is 4.52 Å². The molecule has 4 atom stereocenters. The normalized spacial score (nSPS) is 30.4. The van der Waals surface area contributed by atoms with E-state index in [0.717, 1.165) is 23.3 Å². The number of aryl methyl sites for hydroxylation is 2. The Morgan fingerprint density at radius 2 is 2.00 bits per heavy atom. The van der Waals surface area contributed by atoms with Gasteiger partial charge in [0.2, 0.25) is 0 Å². The highest BCUT2D eigenvalue weighted by Gasteiger charge is 2.29. The highest BCUT2D eigenvalue weighted by molar-refractivity contribution is 5.24. The lowest BCUT2D eigenvalue weighted by atomic mass is 9.77. The van der Waals surface area contributed by atoms with Gasteiger partial charge in [0.25, 0.3) is 0 Å². The van der Waals surface area contributed by atoms with E-state index in [4.69, 9.17) is 4.52 Å². The van der Waals surface area contributed by atoms with Crippen LogP contribution in [0.5, 0.6) is 0 Å². The van der Waals surface area contributed by atoms with Crippen LogP contribution in [0.1, 0.15) is 63.1 Å². The van der Waals surface area contributed by atoms with E-state index < -0.39 is 0 Å². The van der Waals surface area contributed by atoms with Crippen molar-refractivity contribution in [2.75, 3.05) is 0 Å². The number of nitrogens with one attached hydrogen (secondary N) is 1. The third kappa shape index (κ3) is 2.61. The Labute approximate surface area is 110 Å². The largest absolute Gasteiger partial charge is 0.361 e. The third-order valence-electron chi connectivity index (χ3n) is 4.69. The van der Waals surface area contributed by atoms with Gasteiger partial charge in [-0.3, -0.25) is 0 Å². The standard InChI is InChI=1S/C15H26N2O/c1-9-7-6-8-14(10(9)2)16-11(3)15-12(4)17-18-13(15)5/h9-11,14,16H,6-8H2,1-5H3. The number of aromatic nitrogens is 1. The van der Waals surface area contributed by atoms with Gasteiger partial charge in [-0.15, -0.1) is 0 Å². The topological polar surface area (TPSA) is 38.1 Å². The second-order valence-corrected chi connectivity index (χ2v) is 6.00. The fraction of sp³-hybridized carbons (Fsp3) is 0.800. The zero-order chi connectivity index (χ0) is 13.3. The molecule has 0 amide bonds. The zero-order valence-corrected chi connectivity index (χ0v) is 12.3. The van der Waals surface area contributed by atoms with E-state index in [0.29, 0.717) is 12.1 Å². The van der Waals surface area contributed by atoms with E-state index in [1.165, 1.54) is 24.8 Å². The number of hydrogen-bond acceptors (Lipinski definition) is 3. The zero-order valence-electron chi connectivity index (χ0n) is 12.3. The summed E-state index contributed by atoms with van der Waals surface area (Å²) in [6.07, 6.45) is 4.01. The molecule has 1 aliphatic carbocycles. The van der Waals surface area contributed by atoms with Crippen molar-refractivity contribution in [1.29, 1.82) is 0 Å². The predicted molar refractivity (Wildman–Crippen MR) is 73.5 cm³/mol. The maximum absolute atomic E-state index is 5.26. The molecular weight excluding hydrogens is 224 g/mol. The van der Waals surface area contributed by atoms with Crippen LogP contribution in [-0.2, 0) is 0 Å². The average Bonchev–Trinajstić information content (AvgIpc) is 2.65. The second-order valence-electron chi connectivity index (χ2n) is 6.00.